The van der Waals surface area contributed by atoms with Crippen LogP contribution in [0.5, 0.6) is 0 Å². The zero-order valence-electron chi connectivity index (χ0n) is 11.5. The molecule has 0 fully saturated rings. The van der Waals surface area contributed by atoms with Crippen LogP contribution in [-0.2, 0) is 0 Å². The molecule has 0 spiro atoms. The van der Waals surface area contributed by atoms with Gasteiger partial charge in [-0.1, -0.05) is 12.1 Å². The van der Waals surface area contributed by atoms with Crippen molar-refractivity contribution in [2.75, 3.05) is 11.1 Å². The molecule has 0 bridgehead atoms. The molecular formula is C13H14FN5O2. The van der Waals surface area contributed by atoms with Crippen molar-refractivity contribution in [3.05, 3.63) is 51.6 Å². The minimum absolute atomic E-state index is 0.000910. The van der Waals surface area contributed by atoms with E-state index < -0.39 is 10.6 Å². The van der Waals surface area contributed by atoms with Gasteiger partial charge in [-0.25, -0.2) is 14.4 Å². The van der Waals surface area contributed by atoms with Gasteiger partial charge in [-0.3, -0.25) is 10.1 Å². The van der Waals surface area contributed by atoms with E-state index in [2.05, 4.69) is 15.3 Å². The van der Waals surface area contributed by atoms with E-state index in [0.29, 0.717) is 11.1 Å². The van der Waals surface area contributed by atoms with E-state index in [4.69, 9.17) is 5.73 Å². The molecule has 1 atom stereocenters. The van der Waals surface area contributed by atoms with E-state index in [-0.39, 0.29) is 23.5 Å². The molecule has 0 saturated heterocycles. The average Bonchev–Trinajstić information content (AvgIpc) is 2.41. The van der Waals surface area contributed by atoms with Gasteiger partial charge < -0.3 is 11.1 Å². The van der Waals surface area contributed by atoms with E-state index >= 15 is 0 Å². The fourth-order valence-corrected chi connectivity index (χ4v) is 1.84. The highest BCUT2D eigenvalue weighted by atomic mass is 19.1. The van der Waals surface area contributed by atoms with Crippen LogP contribution in [-0.4, -0.2) is 14.9 Å². The lowest BCUT2D eigenvalue weighted by Gasteiger charge is -2.15. The molecule has 0 aliphatic rings. The SMILES string of the molecule is Cc1ccc(C(C)Nc2ncnc(N)c2[N+](=O)[O-])cc1F. The lowest BCUT2D eigenvalue weighted by Crippen LogP contribution is -2.12. The molecule has 7 nitrogen and oxygen atoms in total. The van der Waals surface area contributed by atoms with Gasteiger partial charge >= 0.3 is 5.69 Å². The lowest BCUT2D eigenvalue weighted by atomic mass is 10.1. The van der Waals surface area contributed by atoms with Gasteiger partial charge in [-0.2, -0.15) is 0 Å². The predicted octanol–water partition coefficient (Wildman–Crippen LogP) is 2.59. The number of nitrogens with one attached hydrogen (secondary N) is 1. The zero-order valence-corrected chi connectivity index (χ0v) is 11.5. The van der Waals surface area contributed by atoms with Gasteiger partial charge in [-0.15, -0.1) is 0 Å². The Morgan fingerprint density at radius 2 is 2.14 bits per heavy atom. The van der Waals surface area contributed by atoms with Crippen LogP contribution in [0.4, 0.5) is 21.7 Å². The Morgan fingerprint density at radius 3 is 2.76 bits per heavy atom. The predicted molar refractivity (Wildman–Crippen MR) is 76.3 cm³/mol. The molecule has 1 heterocycles. The maximum Gasteiger partial charge on any atom is 0.353 e. The summed E-state index contributed by atoms with van der Waals surface area (Å²) >= 11 is 0. The summed E-state index contributed by atoms with van der Waals surface area (Å²) in [6.45, 7) is 3.40. The highest BCUT2D eigenvalue weighted by Crippen LogP contribution is 2.29. The summed E-state index contributed by atoms with van der Waals surface area (Å²) in [5.41, 5.74) is 6.27. The summed E-state index contributed by atoms with van der Waals surface area (Å²) in [6, 6.07) is 4.38. The second-order valence-corrected chi connectivity index (χ2v) is 4.59. The minimum Gasteiger partial charge on any atom is -0.378 e. The van der Waals surface area contributed by atoms with E-state index in [9.17, 15) is 14.5 Å². The molecule has 8 heteroatoms. The number of hydrogen-bond donors (Lipinski definition) is 2. The monoisotopic (exact) mass is 291 g/mol. The molecule has 21 heavy (non-hydrogen) atoms. The number of hydrogen-bond acceptors (Lipinski definition) is 6. The molecule has 1 aromatic carbocycles. The number of nitrogen functional groups attached to an aromatic ring is 1. The molecule has 0 aliphatic carbocycles. The number of nitro groups is 1. The first-order valence-corrected chi connectivity index (χ1v) is 6.17. The van der Waals surface area contributed by atoms with Crippen molar-refractivity contribution in [2.24, 2.45) is 0 Å². The van der Waals surface area contributed by atoms with Crippen LogP contribution in [0.15, 0.2) is 24.5 Å². The third-order valence-electron chi connectivity index (χ3n) is 3.08. The highest BCUT2D eigenvalue weighted by molar-refractivity contribution is 5.67. The minimum atomic E-state index is -0.653. The Morgan fingerprint density at radius 1 is 1.43 bits per heavy atom. The number of aromatic nitrogens is 2. The lowest BCUT2D eigenvalue weighted by molar-refractivity contribution is -0.383. The first-order valence-electron chi connectivity index (χ1n) is 6.17. The van der Waals surface area contributed by atoms with Crippen LogP contribution in [0.3, 0.4) is 0 Å². The fourth-order valence-electron chi connectivity index (χ4n) is 1.84. The standard InChI is InChI=1S/C13H14FN5O2/c1-7-3-4-9(5-10(7)14)8(2)18-13-11(19(20)21)12(15)16-6-17-13/h3-6,8H,1-2H3,(H3,15,16,17,18). The molecule has 0 saturated carbocycles. The number of anilines is 2. The van der Waals surface area contributed by atoms with Gasteiger partial charge in [0.15, 0.2) is 0 Å². The molecule has 0 radical (unpaired) electrons. The quantitative estimate of drug-likeness (QED) is 0.662. The summed E-state index contributed by atoms with van der Waals surface area (Å²) in [7, 11) is 0. The van der Waals surface area contributed by atoms with Gasteiger partial charge in [0.25, 0.3) is 0 Å². The summed E-state index contributed by atoms with van der Waals surface area (Å²) in [5, 5.41) is 13.9. The molecule has 1 aromatic heterocycles. The Bertz CT molecular complexity index is 692. The number of nitrogens with two attached hydrogens (primary N) is 1. The van der Waals surface area contributed by atoms with Crippen LogP contribution in [0.25, 0.3) is 0 Å². The third-order valence-corrected chi connectivity index (χ3v) is 3.08. The van der Waals surface area contributed by atoms with Crippen molar-refractivity contribution in [3.8, 4) is 0 Å². The van der Waals surface area contributed by atoms with Crippen molar-refractivity contribution in [1.29, 1.82) is 0 Å². The second kappa shape index (κ2) is 5.70. The molecule has 2 rings (SSSR count). The van der Waals surface area contributed by atoms with E-state index in [1.807, 2.05) is 0 Å². The van der Waals surface area contributed by atoms with Crippen LogP contribution in [0.2, 0.25) is 0 Å². The Labute approximate surface area is 120 Å². The largest absolute Gasteiger partial charge is 0.378 e. The van der Waals surface area contributed by atoms with Gasteiger partial charge in [0.05, 0.1) is 11.0 Å². The van der Waals surface area contributed by atoms with Crippen molar-refractivity contribution in [2.45, 2.75) is 19.9 Å². The van der Waals surface area contributed by atoms with Crippen molar-refractivity contribution in [1.82, 2.24) is 9.97 Å². The summed E-state index contributed by atoms with van der Waals surface area (Å²) in [4.78, 5) is 17.8. The van der Waals surface area contributed by atoms with Crippen molar-refractivity contribution >= 4 is 17.3 Å². The number of halogens is 1. The third kappa shape index (κ3) is 3.04. The summed E-state index contributed by atoms with van der Waals surface area (Å²) in [6.07, 6.45) is 1.13. The Kier molecular flexibility index (Phi) is 3.97. The molecule has 2 aromatic rings. The zero-order chi connectivity index (χ0) is 15.6. The normalized spacial score (nSPS) is 12.0. The molecular weight excluding hydrogens is 277 g/mol. The first-order chi connectivity index (χ1) is 9.90. The van der Waals surface area contributed by atoms with Crippen LogP contribution in [0.1, 0.15) is 24.1 Å². The molecule has 0 amide bonds. The highest BCUT2D eigenvalue weighted by Gasteiger charge is 2.22. The van der Waals surface area contributed by atoms with Gasteiger partial charge in [0.1, 0.15) is 12.1 Å². The van der Waals surface area contributed by atoms with E-state index in [1.165, 1.54) is 6.07 Å². The summed E-state index contributed by atoms with van der Waals surface area (Å²) in [5.74, 6) is -0.557. The van der Waals surface area contributed by atoms with Gasteiger partial charge in [-0.05, 0) is 31.0 Å². The van der Waals surface area contributed by atoms with Gasteiger partial charge in [0.2, 0.25) is 11.6 Å². The summed E-state index contributed by atoms with van der Waals surface area (Å²) < 4.78 is 13.6. The average molecular weight is 291 g/mol. The molecule has 0 aliphatic heterocycles. The van der Waals surface area contributed by atoms with Gasteiger partial charge in [0, 0.05) is 0 Å². The molecule has 110 valence electrons. The van der Waals surface area contributed by atoms with Crippen molar-refractivity contribution < 1.29 is 9.31 Å². The second-order valence-electron chi connectivity index (χ2n) is 4.59. The smallest absolute Gasteiger partial charge is 0.353 e. The van der Waals surface area contributed by atoms with Crippen molar-refractivity contribution in [3.63, 3.8) is 0 Å². The van der Waals surface area contributed by atoms with Crippen LogP contribution >= 0.6 is 0 Å². The number of benzene rings is 1. The Balaban J connectivity index is 2.31. The number of rotatable bonds is 4. The van der Waals surface area contributed by atoms with Crippen LogP contribution < -0.4 is 11.1 Å². The fraction of sp³-hybridized carbons (Fsp3) is 0.231. The molecule has 1 unspecified atom stereocenters. The number of nitrogens with zero attached hydrogens (tertiary/aromatic N) is 3. The number of aryl methyl sites for hydroxylation is 1. The Hall–Kier alpha value is -2.77. The maximum absolute atomic E-state index is 13.6. The molecule has 3 N–H and O–H groups in total. The van der Waals surface area contributed by atoms with E-state index in [1.54, 1.807) is 26.0 Å². The van der Waals surface area contributed by atoms with E-state index in [0.717, 1.165) is 6.33 Å². The van der Waals surface area contributed by atoms with Crippen LogP contribution in [0, 0.1) is 22.9 Å². The first kappa shape index (κ1) is 14.6. The maximum atomic E-state index is 13.6. The topological polar surface area (TPSA) is 107 Å².